The maximum atomic E-state index is 12.1. The minimum atomic E-state index is -0.659. The van der Waals surface area contributed by atoms with Crippen molar-refractivity contribution in [2.45, 2.75) is 44.6 Å². The SMILES string of the molecule is CCCCCCCN(C=O)NC(c1ccccc1)(c1ccccc1)c1ccccc1. The van der Waals surface area contributed by atoms with Gasteiger partial charge in [-0.15, -0.1) is 0 Å². The lowest BCUT2D eigenvalue weighted by atomic mass is 9.77. The molecule has 0 spiro atoms. The second kappa shape index (κ2) is 11.3. The molecule has 3 heteroatoms. The molecule has 0 saturated heterocycles. The normalized spacial score (nSPS) is 11.2. The van der Waals surface area contributed by atoms with E-state index >= 15 is 0 Å². The molecule has 1 amide bonds. The van der Waals surface area contributed by atoms with Crippen LogP contribution < -0.4 is 5.43 Å². The molecule has 3 nitrogen and oxygen atoms in total. The molecule has 0 heterocycles. The molecule has 0 bridgehead atoms. The van der Waals surface area contributed by atoms with Crippen LogP contribution >= 0.6 is 0 Å². The predicted molar refractivity (Wildman–Crippen MR) is 124 cm³/mol. The van der Waals surface area contributed by atoms with Crippen LogP contribution in [0.3, 0.4) is 0 Å². The van der Waals surface area contributed by atoms with Crippen LogP contribution in [0.4, 0.5) is 0 Å². The van der Waals surface area contributed by atoms with Gasteiger partial charge in [0.2, 0.25) is 6.41 Å². The number of hydrazine groups is 1. The van der Waals surface area contributed by atoms with Gasteiger partial charge in [-0.2, -0.15) is 0 Å². The number of rotatable bonds is 12. The first-order chi connectivity index (χ1) is 14.8. The van der Waals surface area contributed by atoms with Gasteiger partial charge in [0.1, 0.15) is 5.54 Å². The van der Waals surface area contributed by atoms with Gasteiger partial charge in [-0.05, 0) is 23.1 Å². The summed E-state index contributed by atoms with van der Waals surface area (Å²) in [4.78, 5) is 12.1. The number of carbonyl (C=O) groups is 1. The molecule has 3 aromatic rings. The van der Waals surface area contributed by atoms with E-state index in [1.54, 1.807) is 5.01 Å². The average molecular weight is 401 g/mol. The Hall–Kier alpha value is -2.91. The summed E-state index contributed by atoms with van der Waals surface area (Å²) in [6.45, 7) is 2.90. The Morgan fingerprint density at radius 3 is 1.53 bits per heavy atom. The lowest BCUT2D eigenvalue weighted by Crippen LogP contribution is -2.53. The molecule has 3 aromatic carbocycles. The Labute approximate surface area is 180 Å². The van der Waals surface area contributed by atoms with Crippen LogP contribution in [0.15, 0.2) is 91.0 Å². The highest BCUT2D eigenvalue weighted by atomic mass is 16.1. The number of amides is 1. The first kappa shape index (κ1) is 21.8. The third-order valence-electron chi connectivity index (χ3n) is 5.56. The van der Waals surface area contributed by atoms with Gasteiger partial charge in [0.25, 0.3) is 0 Å². The summed E-state index contributed by atoms with van der Waals surface area (Å²) in [6.07, 6.45) is 6.72. The molecular formula is C27H32N2O. The molecule has 30 heavy (non-hydrogen) atoms. The number of nitrogens with zero attached hydrogens (tertiary/aromatic N) is 1. The summed E-state index contributed by atoms with van der Waals surface area (Å²) < 4.78 is 0. The number of carbonyl (C=O) groups excluding carboxylic acids is 1. The average Bonchev–Trinajstić information content (AvgIpc) is 2.83. The van der Waals surface area contributed by atoms with Gasteiger partial charge in [-0.25, -0.2) is 5.43 Å². The zero-order valence-corrected chi connectivity index (χ0v) is 17.8. The van der Waals surface area contributed by atoms with Crippen molar-refractivity contribution >= 4 is 6.41 Å². The van der Waals surface area contributed by atoms with Crippen molar-refractivity contribution in [3.05, 3.63) is 108 Å². The second-order valence-electron chi connectivity index (χ2n) is 7.67. The van der Waals surface area contributed by atoms with Gasteiger partial charge in [0, 0.05) is 6.54 Å². The Kier molecular flexibility index (Phi) is 8.22. The van der Waals surface area contributed by atoms with Crippen LogP contribution in [-0.2, 0) is 10.3 Å². The van der Waals surface area contributed by atoms with E-state index in [0.29, 0.717) is 6.54 Å². The monoisotopic (exact) mass is 400 g/mol. The lowest BCUT2D eigenvalue weighted by Gasteiger charge is -2.40. The lowest BCUT2D eigenvalue weighted by molar-refractivity contribution is -0.122. The molecule has 0 unspecified atom stereocenters. The van der Waals surface area contributed by atoms with E-state index in [-0.39, 0.29) is 0 Å². The molecule has 0 radical (unpaired) electrons. The van der Waals surface area contributed by atoms with Crippen molar-refractivity contribution in [2.24, 2.45) is 0 Å². The Balaban J connectivity index is 2.01. The first-order valence-corrected chi connectivity index (χ1v) is 11.0. The molecule has 0 aliphatic heterocycles. The van der Waals surface area contributed by atoms with Crippen molar-refractivity contribution in [3.8, 4) is 0 Å². The van der Waals surface area contributed by atoms with Crippen molar-refractivity contribution < 1.29 is 4.79 Å². The highest BCUT2D eigenvalue weighted by Crippen LogP contribution is 2.37. The van der Waals surface area contributed by atoms with Crippen LogP contribution in [0, 0.1) is 0 Å². The molecule has 156 valence electrons. The zero-order valence-electron chi connectivity index (χ0n) is 17.8. The van der Waals surface area contributed by atoms with Crippen LogP contribution in [0.25, 0.3) is 0 Å². The summed E-state index contributed by atoms with van der Waals surface area (Å²) in [5, 5.41) is 1.72. The van der Waals surface area contributed by atoms with Gasteiger partial charge in [-0.3, -0.25) is 9.80 Å². The van der Waals surface area contributed by atoms with E-state index in [1.165, 1.54) is 19.3 Å². The van der Waals surface area contributed by atoms with Crippen LogP contribution in [0.5, 0.6) is 0 Å². The minimum absolute atomic E-state index is 0.659. The molecule has 1 N–H and O–H groups in total. The van der Waals surface area contributed by atoms with Crippen molar-refractivity contribution in [1.82, 2.24) is 10.4 Å². The molecule has 0 atom stereocenters. The van der Waals surface area contributed by atoms with Gasteiger partial charge >= 0.3 is 0 Å². The Bertz CT molecular complexity index is 768. The number of hydrogen-bond acceptors (Lipinski definition) is 2. The largest absolute Gasteiger partial charge is 0.279 e. The van der Waals surface area contributed by atoms with E-state index in [9.17, 15) is 4.79 Å². The third-order valence-corrected chi connectivity index (χ3v) is 5.56. The Morgan fingerprint density at radius 2 is 1.13 bits per heavy atom. The van der Waals surface area contributed by atoms with Crippen LogP contribution in [0.1, 0.15) is 55.7 Å². The molecular weight excluding hydrogens is 368 g/mol. The van der Waals surface area contributed by atoms with Crippen LogP contribution in [-0.4, -0.2) is 18.0 Å². The smallest absolute Gasteiger partial charge is 0.223 e. The number of nitrogens with one attached hydrogen (secondary N) is 1. The van der Waals surface area contributed by atoms with Crippen molar-refractivity contribution in [2.75, 3.05) is 6.54 Å². The summed E-state index contributed by atoms with van der Waals surface area (Å²) in [7, 11) is 0. The third kappa shape index (κ3) is 5.17. The van der Waals surface area contributed by atoms with E-state index in [1.807, 2.05) is 54.6 Å². The van der Waals surface area contributed by atoms with Gasteiger partial charge in [-0.1, -0.05) is 124 Å². The quantitative estimate of drug-likeness (QED) is 0.177. The highest BCUT2D eigenvalue weighted by Gasteiger charge is 2.37. The molecule has 0 aliphatic rings. The van der Waals surface area contributed by atoms with Gasteiger partial charge in [0.05, 0.1) is 0 Å². The molecule has 3 rings (SSSR count). The fourth-order valence-corrected chi connectivity index (χ4v) is 3.99. The van der Waals surface area contributed by atoms with E-state index in [4.69, 9.17) is 0 Å². The maximum absolute atomic E-state index is 12.1. The predicted octanol–water partition coefficient (Wildman–Crippen LogP) is 5.91. The highest BCUT2D eigenvalue weighted by molar-refractivity contribution is 5.52. The van der Waals surface area contributed by atoms with Gasteiger partial charge < -0.3 is 0 Å². The number of unbranched alkanes of at least 4 members (excludes halogenated alkanes) is 4. The first-order valence-electron chi connectivity index (χ1n) is 11.0. The molecule has 0 fully saturated rings. The Morgan fingerprint density at radius 1 is 0.700 bits per heavy atom. The molecule has 0 aliphatic carbocycles. The van der Waals surface area contributed by atoms with Gasteiger partial charge in [0.15, 0.2) is 0 Å². The zero-order chi connectivity index (χ0) is 21.1. The second-order valence-corrected chi connectivity index (χ2v) is 7.67. The standard InChI is InChI=1S/C27H32N2O/c1-2-3-4-5-15-22-29(23-30)28-27(24-16-9-6-10-17-24,25-18-11-7-12-19-25)26-20-13-8-14-21-26/h6-14,16-21,23,28H,2-5,15,22H2,1H3. The summed E-state index contributed by atoms with van der Waals surface area (Å²) in [5.41, 5.74) is 6.26. The molecule has 0 aromatic heterocycles. The van der Waals surface area contributed by atoms with E-state index in [2.05, 4.69) is 48.7 Å². The summed E-state index contributed by atoms with van der Waals surface area (Å²) >= 11 is 0. The van der Waals surface area contributed by atoms with E-state index < -0.39 is 5.54 Å². The van der Waals surface area contributed by atoms with Crippen molar-refractivity contribution in [1.29, 1.82) is 0 Å². The molecule has 0 saturated carbocycles. The summed E-state index contributed by atoms with van der Waals surface area (Å²) in [5.74, 6) is 0. The van der Waals surface area contributed by atoms with Crippen LogP contribution in [0.2, 0.25) is 0 Å². The summed E-state index contributed by atoms with van der Waals surface area (Å²) in [6, 6.07) is 31.1. The maximum Gasteiger partial charge on any atom is 0.223 e. The fourth-order valence-electron chi connectivity index (χ4n) is 3.99. The minimum Gasteiger partial charge on any atom is -0.279 e. The topological polar surface area (TPSA) is 32.3 Å². The number of benzene rings is 3. The number of hydrogen-bond donors (Lipinski definition) is 1. The van der Waals surface area contributed by atoms with Crippen molar-refractivity contribution in [3.63, 3.8) is 0 Å². The fraction of sp³-hybridized carbons (Fsp3) is 0.296. The van der Waals surface area contributed by atoms with E-state index in [0.717, 1.165) is 35.9 Å².